The number of aromatic nitrogens is 2. The lowest BCUT2D eigenvalue weighted by Gasteiger charge is -2.36. The number of rotatable bonds is 2. The molecule has 3 aromatic rings. The zero-order valence-corrected chi connectivity index (χ0v) is 18.5. The number of nitrogens with zero attached hydrogens (tertiary/aromatic N) is 4. The molecule has 7 nitrogen and oxygen atoms in total. The molecule has 0 aliphatic carbocycles. The van der Waals surface area contributed by atoms with Gasteiger partial charge in [0, 0.05) is 50.9 Å². The summed E-state index contributed by atoms with van der Waals surface area (Å²) < 4.78 is 1.82. The Morgan fingerprint density at radius 3 is 2.68 bits per heavy atom. The Morgan fingerprint density at radius 2 is 1.90 bits per heavy atom. The van der Waals surface area contributed by atoms with Gasteiger partial charge in [-0.15, -0.1) is 11.3 Å². The van der Waals surface area contributed by atoms with Crippen LogP contribution in [0.4, 0.5) is 5.69 Å². The fourth-order valence-electron chi connectivity index (χ4n) is 4.61. The number of benzene rings is 1. The van der Waals surface area contributed by atoms with Gasteiger partial charge in [0.1, 0.15) is 16.4 Å². The summed E-state index contributed by atoms with van der Waals surface area (Å²) >= 11 is 1.36. The normalized spacial score (nSPS) is 16.9. The molecule has 0 radical (unpaired) electrons. The van der Waals surface area contributed by atoms with Gasteiger partial charge in [-0.3, -0.25) is 14.2 Å². The average molecular weight is 439 g/mol. The summed E-state index contributed by atoms with van der Waals surface area (Å²) in [5, 5.41) is 10.3. The van der Waals surface area contributed by atoms with Crippen LogP contribution in [0, 0.1) is 6.92 Å². The van der Waals surface area contributed by atoms with E-state index in [-0.39, 0.29) is 17.2 Å². The highest BCUT2D eigenvalue weighted by Crippen LogP contribution is 2.30. The standard InChI is InChI=1S/C23H26N4O3S/c1-15-19-21(24-18-8-3-2-4-9-27(18)22(19)29)31-20(15)23(30)26-12-10-25(11-13-26)16-6-5-7-17(28)14-16/h5-7,14,28H,2-4,8-13H2,1H3. The van der Waals surface area contributed by atoms with Gasteiger partial charge in [0.2, 0.25) is 0 Å². The summed E-state index contributed by atoms with van der Waals surface area (Å²) in [5.74, 6) is 1.08. The van der Waals surface area contributed by atoms with Crippen molar-refractivity contribution < 1.29 is 9.90 Å². The minimum atomic E-state index is -0.0179. The lowest BCUT2D eigenvalue weighted by molar-refractivity contribution is 0.0751. The summed E-state index contributed by atoms with van der Waals surface area (Å²) in [4.78, 5) is 36.6. The number of fused-ring (bicyclic) bond motifs is 2. The molecule has 0 saturated carbocycles. The van der Waals surface area contributed by atoms with E-state index in [0.717, 1.165) is 42.8 Å². The van der Waals surface area contributed by atoms with Gasteiger partial charge >= 0.3 is 0 Å². The van der Waals surface area contributed by atoms with E-state index in [1.165, 1.54) is 11.3 Å². The zero-order valence-electron chi connectivity index (χ0n) is 17.6. The molecule has 1 fully saturated rings. The second-order valence-corrected chi connectivity index (χ2v) is 9.33. The van der Waals surface area contributed by atoms with E-state index in [4.69, 9.17) is 4.98 Å². The predicted octanol–water partition coefficient (Wildman–Crippen LogP) is 3.16. The maximum Gasteiger partial charge on any atom is 0.264 e. The van der Waals surface area contributed by atoms with Crippen LogP contribution in [0.5, 0.6) is 5.75 Å². The average Bonchev–Trinajstić information content (AvgIpc) is 2.94. The zero-order chi connectivity index (χ0) is 21.5. The predicted molar refractivity (Wildman–Crippen MR) is 122 cm³/mol. The monoisotopic (exact) mass is 438 g/mol. The van der Waals surface area contributed by atoms with E-state index in [9.17, 15) is 14.7 Å². The second-order valence-electron chi connectivity index (χ2n) is 8.33. The Morgan fingerprint density at radius 1 is 1.10 bits per heavy atom. The minimum Gasteiger partial charge on any atom is -0.508 e. The molecule has 0 unspecified atom stereocenters. The highest BCUT2D eigenvalue weighted by Gasteiger charge is 2.27. The number of amides is 1. The maximum absolute atomic E-state index is 13.3. The van der Waals surface area contributed by atoms with Crippen LogP contribution in [0.25, 0.3) is 10.2 Å². The number of piperazine rings is 1. The van der Waals surface area contributed by atoms with Crippen molar-refractivity contribution in [2.45, 2.75) is 39.2 Å². The lowest BCUT2D eigenvalue weighted by Crippen LogP contribution is -2.48. The highest BCUT2D eigenvalue weighted by molar-refractivity contribution is 7.20. The topological polar surface area (TPSA) is 78.7 Å². The Kier molecular flexibility index (Phi) is 5.17. The van der Waals surface area contributed by atoms with Gasteiger partial charge < -0.3 is 14.9 Å². The van der Waals surface area contributed by atoms with Crippen molar-refractivity contribution in [2.24, 2.45) is 0 Å². The van der Waals surface area contributed by atoms with Gasteiger partial charge in [0.15, 0.2) is 0 Å². The third-order valence-electron chi connectivity index (χ3n) is 6.37. The largest absolute Gasteiger partial charge is 0.508 e. The van der Waals surface area contributed by atoms with E-state index in [2.05, 4.69) is 4.90 Å². The van der Waals surface area contributed by atoms with Crippen LogP contribution in [0.3, 0.4) is 0 Å². The number of phenols is 1. The third kappa shape index (κ3) is 3.59. The van der Waals surface area contributed by atoms with E-state index in [1.54, 1.807) is 12.1 Å². The molecule has 4 heterocycles. The number of anilines is 1. The first-order chi connectivity index (χ1) is 15.0. The quantitative estimate of drug-likeness (QED) is 0.665. The molecular weight excluding hydrogens is 412 g/mol. The lowest BCUT2D eigenvalue weighted by atomic mass is 10.1. The second kappa shape index (κ2) is 8.00. The minimum absolute atomic E-state index is 0.00315. The van der Waals surface area contributed by atoms with Gasteiger partial charge in [-0.1, -0.05) is 12.5 Å². The number of hydrogen-bond donors (Lipinski definition) is 1. The molecule has 2 aromatic heterocycles. The van der Waals surface area contributed by atoms with Crippen molar-refractivity contribution in [2.75, 3.05) is 31.1 Å². The molecule has 2 aliphatic heterocycles. The SMILES string of the molecule is Cc1c(C(=O)N2CCN(c3cccc(O)c3)CC2)sc2nc3n(c(=O)c12)CCCCC3. The van der Waals surface area contributed by atoms with Gasteiger partial charge in [-0.05, 0) is 37.5 Å². The first-order valence-corrected chi connectivity index (χ1v) is 11.7. The number of phenolic OH excluding ortho intramolecular Hbond substituents is 1. The molecule has 1 amide bonds. The first kappa shape index (κ1) is 20.1. The summed E-state index contributed by atoms with van der Waals surface area (Å²) in [6.07, 6.45) is 3.99. The summed E-state index contributed by atoms with van der Waals surface area (Å²) in [6.45, 7) is 5.20. The molecule has 2 aliphatic rings. The van der Waals surface area contributed by atoms with E-state index >= 15 is 0 Å². The number of carbonyl (C=O) groups excluding carboxylic acids is 1. The van der Waals surface area contributed by atoms with Gasteiger partial charge in [0.05, 0.1) is 10.3 Å². The summed E-state index contributed by atoms with van der Waals surface area (Å²) in [7, 11) is 0. The first-order valence-electron chi connectivity index (χ1n) is 10.9. The molecule has 1 aromatic carbocycles. The van der Waals surface area contributed by atoms with E-state index in [0.29, 0.717) is 47.8 Å². The fourth-order valence-corrected chi connectivity index (χ4v) is 5.77. The van der Waals surface area contributed by atoms with Crippen LogP contribution >= 0.6 is 11.3 Å². The van der Waals surface area contributed by atoms with Crippen molar-refractivity contribution in [1.29, 1.82) is 0 Å². The smallest absolute Gasteiger partial charge is 0.264 e. The molecule has 8 heteroatoms. The van der Waals surface area contributed by atoms with Crippen molar-refractivity contribution in [1.82, 2.24) is 14.5 Å². The summed E-state index contributed by atoms with van der Waals surface area (Å²) in [6, 6.07) is 7.20. The Labute approximate surface area is 184 Å². The number of thiophene rings is 1. The number of aryl methyl sites for hydroxylation is 2. The molecule has 0 bridgehead atoms. The van der Waals surface area contributed by atoms with Crippen LogP contribution in [-0.4, -0.2) is 51.6 Å². The number of aromatic hydroxyl groups is 1. The van der Waals surface area contributed by atoms with Gasteiger partial charge in [0.25, 0.3) is 11.5 Å². The molecule has 0 spiro atoms. The van der Waals surface area contributed by atoms with Crippen LogP contribution in [0.2, 0.25) is 0 Å². The van der Waals surface area contributed by atoms with E-state index < -0.39 is 0 Å². The van der Waals surface area contributed by atoms with Crippen molar-refractivity contribution in [3.05, 3.63) is 50.9 Å². The molecule has 162 valence electrons. The van der Waals surface area contributed by atoms with Crippen molar-refractivity contribution in [3.63, 3.8) is 0 Å². The molecule has 1 N–H and O–H groups in total. The Balaban J connectivity index is 1.40. The summed E-state index contributed by atoms with van der Waals surface area (Å²) in [5.41, 5.74) is 1.73. The molecule has 1 saturated heterocycles. The van der Waals surface area contributed by atoms with Crippen molar-refractivity contribution in [3.8, 4) is 5.75 Å². The molecular formula is C23H26N4O3S. The van der Waals surface area contributed by atoms with E-state index in [1.807, 2.05) is 28.5 Å². The van der Waals surface area contributed by atoms with Crippen LogP contribution < -0.4 is 10.5 Å². The fraction of sp³-hybridized carbons (Fsp3) is 0.435. The van der Waals surface area contributed by atoms with Crippen LogP contribution in [0.15, 0.2) is 29.1 Å². The number of carbonyl (C=O) groups is 1. The third-order valence-corrected chi connectivity index (χ3v) is 7.54. The highest BCUT2D eigenvalue weighted by atomic mass is 32.1. The Hall–Kier alpha value is -2.87. The molecule has 5 rings (SSSR count). The molecule has 0 atom stereocenters. The van der Waals surface area contributed by atoms with Crippen LogP contribution in [-0.2, 0) is 13.0 Å². The van der Waals surface area contributed by atoms with Gasteiger partial charge in [-0.2, -0.15) is 0 Å². The Bertz CT molecular complexity index is 1210. The number of hydrogen-bond acceptors (Lipinski definition) is 6. The maximum atomic E-state index is 13.3. The van der Waals surface area contributed by atoms with Crippen molar-refractivity contribution >= 4 is 33.1 Å². The van der Waals surface area contributed by atoms with Gasteiger partial charge in [-0.25, -0.2) is 4.98 Å². The van der Waals surface area contributed by atoms with Crippen LogP contribution in [0.1, 0.15) is 40.3 Å². The molecule has 31 heavy (non-hydrogen) atoms.